The van der Waals surface area contributed by atoms with Gasteiger partial charge < -0.3 is 19.8 Å². The van der Waals surface area contributed by atoms with Gasteiger partial charge in [-0.2, -0.15) is 0 Å². The molecule has 0 spiro atoms. The van der Waals surface area contributed by atoms with Gasteiger partial charge in [0, 0.05) is 11.9 Å². The molecule has 0 fully saturated rings. The van der Waals surface area contributed by atoms with Gasteiger partial charge in [-0.3, -0.25) is 0 Å². The van der Waals surface area contributed by atoms with Crippen LogP contribution in [-0.2, 0) is 9.59 Å². The normalized spacial score (nSPS) is 9.37. The summed E-state index contributed by atoms with van der Waals surface area (Å²) in [5.41, 5.74) is 4.00. The summed E-state index contributed by atoms with van der Waals surface area (Å²) >= 11 is -2.15. The number of hydrogen-bond acceptors (Lipinski definition) is 4. The van der Waals surface area contributed by atoms with Gasteiger partial charge in [0.25, 0.3) is 0 Å². The molecule has 0 aliphatic rings. The van der Waals surface area contributed by atoms with Crippen LogP contribution in [0.15, 0.2) is 72.8 Å². The van der Waals surface area contributed by atoms with Gasteiger partial charge in [0.1, 0.15) is 0 Å². The Hall–Kier alpha value is -2.52. The quantitative estimate of drug-likeness (QED) is 0.414. The Morgan fingerprint density at radius 3 is 0.867 bits per heavy atom. The van der Waals surface area contributed by atoms with E-state index < -0.39 is 33.7 Å². The van der Waals surface area contributed by atoms with Crippen molar-refractivity contribution in [2.24, 2.45) is 0 Å². The van der Waals surface area contributed by atoms with Gasteiger partial charge in [-0.25, -0.2) is 0 Å². The molecule has 4 nitrogen and oxygen atoms in total. The molecular weight excluding hydrogens is 573 g/mol. The van der Waals surface area contributed by atoms with Crippen LogP contribution in [0.1, 0.15) is 30.5 Å². The molecule has 0 unspecified atom stereocenters. The number of carbonyl (C=O) groups is 2. The first-order valence-electron chi connectivity index (χ1n) is 9.45. The topological polar surface area (TPSA) is 80.3 Å². The van der Waals surface area contributed by atoms with E-state index in [-0.39, 0.29) is 0 Å². The van der Waals surface area contributed by atoms with Crippen molar-refractivity contribution < 1.29 is 19.8 Å². The van der Waals surface area contributed by atoms with Crippen LogP contribution in [0, 0.1) is 20.8 Å². The van der Waals surface area contributed by atoms with Crippen LogP contribution in [0.25, 0.3) is 0 Å². The average molecular weight is 600 g/mol. The van der Waals surface area contributed by atoms with Crippen LogP contribution in [0.5, 0.6) is 0 Å². The standard InChI is InChI=1S/3C7H7.2C2H4O2.Bi/c3*1-7-5-3-2-4-6-7;2*1-2(3)4;/h3*3-6H,1H3;2*1H3,(H,3,4);/q;;;;;+2/p-2. The Kier molecular flexibility index (Phi) is 11.0. The van der Waals surface area contributed by atoms with Gasteiger partial charge in [-0.1, -0.05) is 0 Å². The predicted octanol–water partition coefficient (Wildman–Crippen LogP) is 0.640. The van der Waals surface area contributed by atoms with Crippen molar-refractivity contribution in [3.8, 4) is 0 Å². The van der Waals surface area contributed by atoms with Crippen LogP contribution < -0.4 is 20.0 Å². The predicted molar refractivity (Wildman–Crippen MR) is 120 cm³/mol. The average Bonchev–Trinajstić information content (AvgIpc) is 2.66. The van der Waals surface area contributed by atoms with E-state index >= 15 is 0 Å². The molecule has 0 aliphatic heterocycles. The zero-order chi connectivity index (χ0) is 22.7. The van der Waals surface area contributed by atoms with Crippen molar-refractivity contribution in [2.45, 2.75) is 34.6 Å². The SMILES string of the molecule is CC(=O)[O-].CC(=O)[O-].Cc1cc[c]([Bi+2]([c]2ccc(C)cc2)[c]2ccc(C)cc2)cc1. The summed E-state index contributed by atoms with van der Waals surface area (Å²) in [7, 11) is 0. The monoisotopic (exact) mass is 600 g/mol. The van der Waals surface area contributed by atoms with Crippen LogP contribution in [0.3, 0.4) is 0 Å². The van der Waals surface area contributed by atoms with Crippen molar-refractivity contribution in [2.75, 3.05) is 0 Å². The van der Waals surface area contributed by atoms with E-state index in [0.29, 0.717) is 0 Å². The summed E-state index contributed by atoms with van der Waals surface area (Å²) in [5.74, 6) is -2.17. The minimum atomic E-state index is -2.15. The number of benzene rings is 3. The maximum absolute atomic E-state index is 8.89. The summed E-state index contributed by atoms with van der Waals surface area (Å²) in [5, 5.41) is 17.8. The van der Waals surface area contributed by atoms with Crippen LogP contribution in [-0.4, -0.2) is 33.7 Å². The van der Waals surface area contributed by atoms with Gasteiger partial charge in [0.05, 0.1) is 0 Å². The van der Waals surface area contributed by atoms with Crippen molar-refractivity contribution >= 4 is 43.5 Å². The molecule has 3 rings (SSSR count). The molecule has 0 amide bonds. The minimum absolute atomic E-state index is 0.972. The Morgan fingerprint density at radius 1 is 0.533 bits per heavy atom. The first kappa shape index (κ1) is 25.5. The van der Waals surface area contributed by atoms with E-state index in [1.54, 1.807) is 9.81 Å². The van der Waals surface area contributed by atoms with E-state index in [1.807, 2.05) is 0 Å². The molecule has 30 heavy (non-hydrogen) atoms. The summed E-state index contributed by atoms with van der Waals surface area (Å²) < 4.78 is 4.65. The van der Waals surface area contributed by atoms with Crippen molar-refractivity contribution in [1.29, 1.82) is 0 Å². The second-order valence-electron chi connectivity index (χ2n) is 6.83. The Morgan fingerprint density at radius 2 is 0.700 bits per heavy atom. The number of hydrogen-bond donors (Lipinski definition) is 0. The number of aryl methyl sites for hydroxylation is 3. The second kappa shape index (κ2) is 12.9. The maximum atomic E-state index is 8.89. The number of rotatable bonds is 3. The molecule has 3 aromatic rings. The number of carboxylic acids is 2. The zero-order valence-corrected chi connectivity index (χ0v) is 21.5. The van der Waals surface area contributed by atoms with Crippen molar-refractivity contribution in [1.82, 2.24) is 0 Å². The molecule has 5 heteroatoms. The third-order valence-corrected chi connectivity index (χ3v) is 13.4. The molecule has 0 bridgehead atoms. The molecule has 3 aromatic carbocycles. The van der Waals surface area contributed by atoms with E-state index in [0.717, 1.165) is 13.8 Å². The molecule has 0 aliphatic carbocycles. The first-order valence-corrected chi connectivity index (χ1v) is 14.7. The summed E-state index contributed by atoms with van der Waals surface area (Å²) in [6, 6.07) is 27.5. The molecular formula is C25H27BiO4. The summed E-state index contributed by atoms with van der Waals surface area (Å²) in [6.07, 6.45) is 0. The zero-order valence-electron chi connectivity index (χ0n) is 18.0. The third kappa shape index (κ3) is 9.80. The fourth-order valence-corrected chi connectivity index (χ4v) is 11.2. The van der Waals surface area contributed by atoms with Crippen LogP contribution in [0.2, 0.25) is 0 Å². The molecule has 0 heterocycles. The molecule has 0 saturated heterocycles. The van der Waals surface area contributed by atoms with Gasteiger partial charge in [-0.05, 0) is 13.8 Å². The van der Waals surface area contributed by atoms with Crippen LogP contribution in [0.4, 0.5) is 0 Å². The summed E-state index contributed by atoms with van der Waals surface area (Å²) in [4.78, 5) is 17.8. The number of carboxylic acid groups (broad SMARTS) is 2. The van der Waals surface area contributed by atoms with E-state index in [2.05, 4.69) is 93.6 Å². The van der Waals surface area contributed by atoms with Gasteiger partial charge in [0.15, 0.2) is 0 Å². The summed E-state index contributed by atoms with van der Waals surface area (Å²) in [6.45, 7) is 8.42. The second-order valence-corrected chi connectivity index (χ2v) is 15.5. The van der Waals surface area contributed by atoms with Crippen LogP contribution >= 0.6 is 0 Å². The van der Waals surface area contributed by atoms with E-state index in [4.69, 9.17) is 19.8 Å². The Bertz CT molecular complexity index is 802. The Balaban J connectivity index is 0.000000485. The van der Waals surface area contributed by atoms with E-state index in [1.165, 1.54) is 16.7 Å². The van der Waals surface area contributed by atoms with Gasteiger partial charge in [-0.15, -0.1) is 0 Å². The van der Waals surface area contributed by atoms with E-state index in [9.17, 15) is 0 Å². The first-order chi connectivity index (χ1) is 14.1. The van der Waals surface area contributed by atoms with Gasteiger partial charge >= 0.3 is 142 Å². The molecule has 0 saturated carbocycles. The number of aliphatic carboxylic acids is 2. The molecule has 0 atom stereocenters. The molecule has 156 valence electrons. The van der Waals surface area contributed by atoms with Crippen molar-refractivity contribution in [3.63, 3.8) is 0 Å². The van der Waals surface area contributed by atoms with Crippen molar-refractivity contribution in [3.05, 3.63) is 89.5 Å². The fourth-order valence-electron chi connectivity index (χ4n) is 2.53. The third-order valence-electron chi connectivity index (χ3n) is 3.88. The van der Waals surface area contributed by atoms with Gasteiger partial charge in [0.2, 0.25) is 0 Å². The Labute approximate surface area is 186 Å². The molecule has 0 N–H and O–H groups in total. The number of carbonyl (C=O) groups excluding carboxylic acids is 2. The molecule has 0 aromatic heterocycles. The molecule has 0 radical (unpaired) electrons. The fraction of sp³-hybridized carbons (Fsp3) is 0.200.